The van der Waals surface area contributed by atoms with Crippen molar-refractivity contribution in [1.29, 1.82) is 0 Å². The van der Waals surface area contributed by atoms with Crippen LogP contribution in [0.5, 0.6) is 23.0 Å². The Morgan fingerprint density at radius 3 is 1.22 bits per heavy atom. The van der Waals surface area contributed by atoms with E-state index in [0.29, 0.717) is 89.4 Å². The second kappa shape index (κ2) is 34.6. The molecule has 6 aliphatic heterocycles. The monoisotopic (exact) mass is 1440 g/mol. The van der Waals surface area contributed by atoms with Crippen LogP contribution in [0.25, 0.3) is 5.65 Å². The van der Waals surface area contributed by atoms with Crippen molar-refractivity contribution in [1.82, 2.24) is 39.5 Å². The van der Waals surface area contributed by atoms with Gasteiger partial charge in [0.05, 0.1) is 64.2 Å². The summed E-state index contributed by atoms with van der Waals surface area (Å²) >= 11 is 0. The zero-order valence-corrected chi connectivity index (χ0v) is 62.9. The van der Waals surface area contributed by atoms with Gasteiger partial charge in [-0.2, -0.15) is 9.61 Å². The molecule has 562 valence electrons. The van der Waals surface area contributed by atoms with Gasteiger partial charge < -0.3 is 77.6 Å². The van der Waals surface area contributed by atoms with Crippen molar-refractivity contribution in [2.45, 2.75) is 124 Å². The Morgan fingerprint density at radius 2 is 0.837 bits per heavy atom. The Bertz CT molecular complexity index is 3900. The molecule has 0 aliphatic carbocycles. The maximum atomic E-state index is 13.0. The molecule has 26 nitrogen and oxygen atoms in total. The molecule has 4 amide bonds. The molecule has 5 fully saturated rings. The largest absolute Gasteiger partial charge is 0.497 e. The number of nitrogens with one attached hydrogen (secondary N) is 1. The average Bonchev–Trinajstić information content (AvgIpc) is 1.46. The van der Waals surface area contributed by atoms with E-state index in [-0.39, 0.29) is 71.3 Å². The molecule has 1 unspecified atom stereocenters. The van der Waals surface area contributed by atoms with Crippen LogP contribution in [-0.2, 0) is 36.6 Å². The Balaban J connectivity index is 0.000000173. The molecule has 0 radical (unpaired) electrons. The summed E-state index contributed by atoms with van der Waals surface area (Å²) < 4.78 is 43.5. The zero-order valence-electron chi connectivity index (χ0n) is 62.9. The minimum atomic E-state index is -0.574. The molecule has 5 saturated heterocycles. The first-order valence-corrected chi connectivity index (χ1v) is 35.1. The molecule has 6 aliphatic rings. The third kappa shape index (κ3) is 22.1. The molecule has 1 atom stereocenters. The van der Waals surface area contributed by atoms with Gasteiger partial charge in [-0.1, -0.05) is 12.1 Å². The van der Waals surface area contributed by atoms with E-state index in [1.165, 1.54) is 4.90 Å². The number of fused-ring (bicyclic) bond motifs is 2. The smallest absolute Gasteiger partial charge is 0.410 e. The number of hydrogen-bond acceptors (Lipinski definition) is 21. The van der Waals surface area contributed by atoms with Crippen molar-refractivity contribution < 1.29 is 81.4 Å². The number of anilines is 1. The standard InChI is InChI=1S/C26H31N5O4.C16H23NO4.C16H21NO4.C11H13NO2.C9H15NO3/c1-26(2,3)35-25(33)29-13-10-20-21(11-14-29)28-22-9-12-27-31(22)24(20)30-15-18(16-30)23(32)17-5-7-19(34-4)8-6-17;2*1-16(2,3)21-15(19)17-9-12(10-17)14(18)11-5-7-13(20-4)8-6-11;1-14-10-4-2-8(3-5-10)11(13)9-6-12-7-9;1-9(2,3)13-8(12)10-4-7(5-10)6-11/h5-9,12,18H,10-11,13-16H2,1-4H3;5-8,12,14,18H,9-10H2,1-4H3;5-8,12H,9-10H2,1-4H3;2-5,9,12H,6-7H2,1H3;6-7H,4-5H2,1-3H3. The van der Waals surface area contributed by atoms with Gasteiger partial charge >= 0.3 is 24.4 Å². The summed E-state index contributed by atoms with van der Waals surface area (Å²) in [5.74, 6) is 4.38. The van der Waals surface area contributed by atoms with Gasteiger partial charge in [-0.15, -0.1) is 0 Å². The van der Waals surface area contributed by atoms with E-state index in [1.54, 1.807) is 73.6 Å². The third-order valence-corrected chi connectivity index (χ3v) is 17.5. The molecule has 8 heterocycles. The number of hydrogen-bond donors (Lipinski definition) is 2. The van der Waals surface area contributed by atoms with Crippen molar-refractivity contribution in [2.24, 2.45) is 29.6 Å². The van der Waals surface area contributed by atoms with E-state index in [1.807, 2.05) is 166 Å². The van der Waals surface area contributed by atoms with Gasteiger partial charge in [-0.3, -0.25) is 14.4 Å². The van der Waals surface area contributed by atoms with Crippen LogP contribution in [0, 0.1) is 29.6 Å². The summed E-state index contributed by atoms with van der Waals surface area (Å²) in [6, 6.07) is 30.8. The minimum absolute atomic E-state index is 0.00696. The van der Waals surface area contributed by atoms with Crippen molar-refractivity contribution >= 4 is 59.5 Å². The molecule has 26 heteroatoms. The lowest BCUT2D eigenvalue weighted by Crippen LogP contribution is -2.54. The molecular formula is C78H103N9O17. The summed E-state index contributed by atoms with van der Waals surface area (Å²) in [7, 11) is 6.42. The van der Waals surface area contributed by atoms with Gasteiger partial charge in [0.15, 0.2) is 23.0 Å². The number of methoxy groups -OCH3 is 4. The number of Topliss-reactive ketones (excluding diaryl/α,β-unsaturated/α-hetero) is 3. The van der Waals surface area contributed by atoms with Crippen molar-refractivity contribution in [3.8, 4) is 23.0 Å². The number of carbonyl (C=O) groups excluding carboxylic acids is 8. The number of rotatable bonds is 14. The Hall–Kier alpha value is -9.82. The van der Waals surface area contributed by atoms with Crippen LogP contribution in [0.4, 0.5) is 25.0 Å². The van der Waals surface area contributed by atoms with Crippen LogP contribution in [0.3, 0.4) is 0 Å². The highest BCUT2D eigenvalue weighted by Gasteiger charge is 2.41. The molecule has 104 heavy (non-hydrogen) atoms. The maximum Gasteiger partial charge on any atom is 0.410 e. The van der Waals surface area contributed by atoms with Crippen molar-refractivity contribution in [3.63, 3.8) is 0 Å². The fourth-order valence-electron chi connectivity index (χ4n) is 11.6. The van der Waals surface area contributed by atoms with Gasteiger partial charge in [-0.05, 0) is 180 Å². The number of likely N-dealkylation sites (tertiary alicyclic amines) is 3. The molecule has 4 aromatic carbocycles. The molecule has 0 saturated carbocycles. The zero-order chi connectivity index (χ0) is 76.0. The summed E-state index contributed by atoms with van der Waals surface area (Å²) in [5.41, 5.74) is 3.79. The third-order valence-electron chi connectivity index (χ3n) is 17.5. The molecule has 12 rings (SSSR count). The quantitative estimate of drug-likeness (QED) is 0.0582. The van der Waals surface area contributed by atoms with E-state index < -0.39 is 28.5 Å². The molecule has 2 aromatic heterocycles. The number of carbonyl (C=O) groups is 8. The summed E-state index contributed by atoms with van der Waals surface area (Å²) in [6.45, 7) is 28.9. The number of amides is 4. The summed E-state index contributed by atoms with van der Waals surface area (Å²) in [6.07, 6.45) is 2.04. The highest BCUT2D eigenvalue weighted by molar-refractivity contribution is 6.00. The second-order valence-corrected chi connectivity index (χ2v) is 30.4. The van der Waals surface area contributed by atoms with Crippen LogP contribution >= 0.6 is 0 Å². The maximum absolute atomic E-state index is 13.0. The van der Waals surface area contributed by atoms with Crippen molar-refractivity contribution in [2.75, 3.05) is 112 Å². The Kier molecular flexibility index (Phi) is 26.6. The number of aldehydes is 1. The van der Waals surface area contributed by atoms with E-state index in [0.717, 1.165) is 76.2 Å². The highest BCUT2D eigenvalue weighted by atomic mass is 16.6. The van der Waals surface area contributed by atoms with E-state index in [9.17, 15) is 43.5 Å². The number of ketones is 3. The first kappa shape index (κ1) is 79.9. The molecule has 0 bridgehead atoms. The molecule has 0 spiro atoms. The number of aromatic nitrogens is 3. The van der Waals surface area contributed by atoms with E-state index in [2.05, 4.69) is 15.3 Å². The van der Waals surface area contributed by atoms with Crippen LogP contribution < -0.4 is 29.2 Å². The Morgan fingerprint density at radius 1 is 0.471 bits per heavy atom. The van der Waals surface area contributed by atoms with Crippen LogP contribution in [0.2, 0.25) is 0 Å². The van der Waals surface area contributed by atoms with Gasteiger partial charge in [-0.25, -0.2) is 24.2 Å². The van der Waals surface area contributed by atoms with Crippen LogP contribution in [0.15, 0.2) is 109 Å². The van der Waals surface area contributed by atoms with Gasteiger partial charge in [0, 0.05) is 125 Å². The molecular weight excluding hydrogens is 1330 g/mol. The lowest BCUT2D eigenvalue weighted by Gasteiger charge is -2.42. The predicted octanol–water partition coefficient (Wildman–Crippen LogP) is 10.9. The van der Waals surface area contributed by atoms with E-state index >= 15 is 0 Å². The SMILES string of the molecule is CC(C)(C)OC(=O)N1CC(C=O)C1.COc1ccc(C(=O)C2CN(C(=O)OC(C)(C)C)C2)cc1.COc1ccc(C(=O)C2CN(c3c4c(nc5ccnn35)CCN(C(=O)OC(C)(C)C)CC4)C2)cc1.COc1ccc(C(=O)C2CNC2)cc1.COc1ccc(C(O)C2CN(C(=O)OC(C)(C)C)C2)cc1. The first-order chi connectivity index (χ1) is 49.1. The first-order valence-electron chi connectivity index (χ1n) is 35.1. The second-order valence-electron chi connectivity index (χ2n) is 30.4. The average molecular weight is 1440 g/mol. The highest BCUT2D eigenvalue weighted by Crippen LogP contribution is 2.36. The van der Waals surface area contributed by atoms with Crippen LogP contribution in [-0.4, -0.2) is 217 Å². The number of aliphatic hydroxyl groups excluding tert-OH is 1. The minimum Gasteiger partial charge on any atom is -0.497 e. The van der Waals surface area contributed by atoms with Crippen molar-refractivity contribution in [3.05, 3.63) is 143 Å². The lowest BCUT2D eigenvalue weighted by atomic mass is 9.89. The molecule has 6 aromatic rings. The van der Waals surface area contributed by atoms with Gasteiger partial charge in [0.1, 0.15) is 57.5 Å². The number of benzene rings is 4. The fraction of sp³-hybridized carbons (Fsp3) is 0.513. The van der Waals surface area contributed by atoms with Gasteiger partial charge in [0.25, 0.3) is 0 Å². The summed E-state index contributed by atoms with van der Waals surface area (Å²) in [4.78, 5) is 108. The van der Waals surface area contributed by atoms with Crippen LogP contribution in [0.1, 0.15) is 137 Å². The van der Waals surface area contributed by atoms with Gasteiger partial charge in [0.2, 0.25) is 0 Å². The number of ether oxygens (including phenoxy) is 8. The van der Waals surface area contributed by atoms with E-state index in [4.69, 9.17) is 42.9 Å². The fourth-order valence-corrected chi connectivity index (χ4v) is 11.6. The Labute approximate surface area is 609 Å². The lowest BCUT2D eigenvalue weighted by molar-refractivity contribution is -0.115. The topological polar surface area (TPSA) is 289 Å². The normalized spacial score (nSPS) is 16.5. The molecule has 2 N–H and O–H groups in total. The number of aliphatic hydroxyl groups is 1. The summed E-state index contributed by atoms with van der Waals surface area (Å²) in [5, 5.41) is 17.9. The predicted molar refractivity (Wildman–Crippen MR) is 390 cm³/mol. The number of nitrogens with zero attached hydrogens (tertiary/aromatic N) is 8.